The first-order chi connectivity index (χ1) is 16.1. The van der Waals surface area contributed by atoms with Crippen molar-refractivity contribution in [3.63, 3.8) is 0 Å². The summed E-state index contributed by atoms with van der Waals surface area (Å²) in [6, 6.07) is 18.5. The molecule has 1 aliphatic heterocycles. The summed E-state index contributed by atoms with van der Waals surface area (Å²) in [5, 5.41) is 9.28. The van der Waals surface area contributed by atoms with Crippen LogP contribution in [0.3, 0.4) is 0 Å². The summed E-state index contributed by atoms with van der Waals surface area (Å²) in [5.74, 6) is -0.723. The summed E-state index contributed by atoms with van der Waals surface area (Å²) in [5.41, 5.74) is 4.30. The molecule has 0 unspecified atom stereocenters. The Morgan fingerprint density at radius 1 is 0.939 bits per heavy atom. The monoisotopic (exact) mass is 443 g/mol. The van der Waals surface area contributed by atoms with E-state index in [4.69, 9.17) is 9.40 Å². The first-order valence-corrected chi connectivity index (χ1v) is 10.8. The van der Waals surface area contributed by atoms with Crippen LogP contribution < -0.4 is 4.90 Å². The van der Waals surface area contributed by atoms with Gasteiger partial charge in [-0.15, -0.1) is 0 Å². The van der Waals surface area contributed by atoms with Crippen LogP contribution in [0.2, 0.25) is 0 Å². The summed E-state index contributed by atoms with van der Waals surface area (Å²) in [6.45, 7) is 1.15. The van der Waals surface area contributed by atoms with E-state index in [9.17, 15) is 14.3 Å². The van der Waals surface area contributed by atoms with Gasteiger partial charge in [-0.3, -0.25) is 9.78 Å². The molecule has 0 bridgehead atoms. The largest absolute Gasteiger partial charge is 0.481 e. The normalized spacial score (nSPS) is 14.4. The van der Waals surface area contributed by atoms with E-state index < -0.39 is 5.97 Å². The molecule has 4 aromatic rings. The van der Waals surface area contributed by atoms with Gasteiger partial charge in [-0.25, -0.2) is 4.39 Å². The number of aliphatic carboxylic acids is 1. The third-order valence-electron chi connectivity index (χ3n) is 5.99. The van der Waals surface area contributed by atoms with Crippen molar-refractivity contribution >= 4 is 12.0 Å². The molecular weight excluding hydrogens is 421 g/mol. The number of rotatable bonds is 5. The minimum absolute atomic E-state index is 0.265. The van der Waals surface area contributed by atoms with Gasteiger partial charge in [0.25, 0.3) is 6.01 Å². The van der Waals surface area contributed by atoms with E-state index in [1.54, 1.807) is 24.5 Å². The van der Waals surface area contributed by atoms with Crippen molar-refractivity contribution in [3.8, 4) is 33.7 Å². The van der Waals surface area contributed by atoms with Gasteiger partial charge in [0.1, 0.15) is 11.5 Å². The van der Waals surface area contributed by atoms with Gasteiger partial charge in [0, 0.05) is 36.6 Å². The van der Waals surface area contributed by atoms with Crippen LogP contribution >= 0.6 is 0 Å². The van der Waals surface area contributed by atoms with E-state index in [0.29, 0.717) is 43.4 Å². The SMILES string of the molecule is O=C(O)C1CCN(c2nc(-c3ccc(-c4ccc(F)cc4)cc3)c(-c3cccnc3)o2)CC1. The average Bonchev–Trinajstić information content (AvgIpc) is 3.31. The summed E-state index contributed by atoms with van der Waals surface area (Å²) in [7, 11) is 0. The number of nitrogens with zero attached hydrogens (tertiary/aromatic N) is 3. The predicted octanol–water partition coefficient (Wildman–Crippen LogP) is 5.51. The molecule has 0 aliphatic carbocycles. The molecule has 3 heterocycles. The van der Waals surface area contributed by atoms with E-state index in [0.717, 1.165) is 22.3 Å². The zero-order valence-electron chi connectivity index (χ0n) is 17.8. The lowest BCUT2D eigenvalue weighted by Gasteiger charge is -2.28. The first kappa shape index (κ1) is 20.9. The number of aromatic nitrogens is 2. The molecule has 1 saturated heterocycles. The van der Waals surface area contributed by atoms with Crippen molar-refractivity contribution in [2.75, 3.05) is 18.0 Å². The maximum atomic E-state index is 13.3. The lowest BCUT2D eigenvalue weighted by atomic mass is 9.97. The van der Waals surface area contributed by atoms with Crippen LogP contribution in [0, 0.1) is 11.7 Å². The number of oxazole rings is 1. The fraction of sp³-hybridized carbons (Fsp3) is 0.192. The first-order valence-electron chi connectivity index (χ1n) is 10.8. The summed E-state index contributed by atoms with van der Waals surface area (Å²) >= 11 is 0. The third-order valence-corrected chi connectivity index (χ3v) is 5.99. The smallest absolute Gasteiger partial charge is 0.306 e. The average molecular weight is 443 g/mol. The second-order valence-corrected chi connectivity index (χ2v) is 8.10. The Hall–Kier alpha value is -4.00. The maximum absolute atomic E-state index is 13.3. The highest BCUT2D eigenvalue weighted by atomic mass is 19.1. The second kappa shape index (κ2) is 8.86. The van der Waals surface area contributed by atoms with Crippen LogP contribution in [-0.4, -0.2) is 34.1 Å². The van der Waals surface area contributed by atoms with Crippen LogP contribution in [0.25, 0.3) is 33.7 Å². The van der Waals surface area contributed by atoms with Gasteiger partial charge in [0.2, 0.25) is 0 Å². The van der Waals surface area contributed by atoms with E-state index in [-0.39, 0.29) is 11.7 Å². The van der Waals surface area contributed by atoms with Gasteiger partial charge in [-0.2, -0.15) is 4.98 Å². The van der Waals surface area contributed by atoms with Crippen molar-refractivity contribution in [1.82, 2.24) is 9.97 Å². The van der Waals surface area contributed by atoms with Gasteiger partial charge >= 0.3 is 5.97 Å². The number of halogens is 1. The summed E-state index contributed by atoms with van der Waals surface area (Å²) in [6.07, 6.45) is 4.55. The topological polar surface area (TPSA) is 79.5 Å². The highest BCUT2D eigenvalue weighted by Crippen LogP contribution is 2.37. The standard InChI is InChI=1S/C26H22FN3O3/c27-22-9-7-18(8-10-22)17-3-5-19(6-4-17)23-24(21-2-1-13-28-16-21)33-26(29-23)30-14-11-20(12-15-30)25(31)32/h1-10,13,16,20H,11-12,14-15H2,(H,31,32). The number of hydrogen-bond donors (Lipinski definition) is 1. The van der Waals surface area contributed by atoms with E-state index in [2.05, 4.69) is 4.98 Å². The van der Waals surface area contributed by atoms with Crippen LogP contribution in [0.5, 0.6) is 0 Å². The molecule has 0 saturated carbocycles. The van der Waals surface area contributed by atoms with Gasteiger partial charge in [-0.05, 0) is 48.2 Å². The number of pyridine rings is 1. The van der Waals surface area contributed by atoms with Gasteiger partial charge < -0.3 is 14.4 Å². The fourth-order valence-corrected chi connectivity index (χ4v) is 4.11. The molecule has 0 amide bonds. The number of carbonyl (C=O) groups is 1. The van der Waals surface area contributed by atoms with E-state index in [1.165, 1.54) is 12.1 Å². The molecule has 166 valence electrons. The van der Waals surface area contributed by atoms with Crippen molar-refractivity contribution < 1.29 is 18.7 Å². The Morgan fingerprint density at radius 2 is 1.58 bits per heavy atom. The zero-order valence-corrected chi connectivity index (χ0v) is 17.8. The number of hydrogen-bond acceptors (Lipinski definition) is 5. The Morgan fingerprint density at radius 3 is 2.18 bits per heavy atom. The Balaban J connectivity index is 1.48. The molecule has 2 aromatic carbocycles. The Labute approximate surface area is 190 Å². The lowest BCUT2D eigenvalue weighted by Crippen LogP contribution is -2.36. The van der Waals surface area contributed by atoms with Crippen LogP contribution in [0.4, 0.5) is 10.4 Å². The molecule has 7 heteroatoms. The fourth-order valence-electron chi connectivity index (χ4n) is 4.11. The quantitative estimate of drug-likeness (QED) is 0.438. The van der Waals surface area contributed by atoms with Crippen molar-refractivity contribution in [2.24, 2.45) is 5.92 Å². The van der Waals surface area contributed by atoms with Crippen LogP contribution in [0.15, 0.2) is 77.5 Å². The Kier molecular flexibility index (Phi) is 5.60. The second-order valence-electron chi connectivity index (χ2n) is 8.10. The van der Waals surface area contributed by atoms with Gasteiger partial charge in [0.15, 0.2) is 5.76 Å². The minimum Gasteiger partial charge on any atom is -0.481 e. The lowest BCUT2D eigenvalue weighted by molar-refractivity contribution is -0.142. The third kappa shape index (κ3) is 4.35. The van der Waals surface area contributed by atoms with Crippen LogP contribution in [-0.2, 0) is 4.79 Å². The van der Waals surface area contributed by atoms with E-state index in [1.807, 2.05) is 41.3 Å². The zero-order chi connectivity index (χ0) is 22.8. The highest BCUT2D eigenvalue weighted by Gasteiger charge is 2.28. The minimum atomic E-state index is -0.750. The van der Waals surface area contributed by atoms with Crippen molar-refractivity contribution in [1.29, 1.82) is 0 Å². The number of piperidine rings is 1. The van der Waals surface area contributed by atoms with Crippen LogP contribution in [0.1, 0.15) is 12.8 Å². The molecule has 1 fully saturated rings. The number of anilines is 1. The summed E-state index contributed by atoms with van der Waals surface area (Å²) in [4.78, 5) is 22.3. The highest BCUT2D eigenvalue weighted by molar-refractivity contribution is 5.79. The maximum Gasteiger partial charge on any atom is 0.306 e. The van der Waals surface area contributed by atoms with E-state index >= 15 is 0 Å². The molecule has 6 nitrogen and oxygen atoms in total. The molecule has 0 atom stereocenters. The summed E-state index contributed by atoms with van der Waals surface area (Å²) < 4.78 is 19.5. The molecule has 1 N–H and O–H groups in total. The van der Waals surface area contributed by atoms with Crippen molar-refractivity contribution in [3.05, 3.63) is 78.9 Å². The Bertz CT molecular complexity index is 1250. The molecule has 5 rings (SSSR count). The molecule has 2 aromatic heterocycles. The molecule has 0 spiro atoms. The number of carboxylic acids is 1. The molecular formula is C26H22FN3O3. The number of carboxylic acid groups (broad SMARTS) is 1. The van der Waals surface area contributed by atoms with Gasteiger partial charge in [0.05, 0.1) is 5.92 Å². The van der Waals surface area contributed by atoms with Crippen molar-refractivity contribution in [2.45, 2.75) is 12.8 Å². The number of benzene rings is 2. The molecule has 33 heavy (non-hydrogen) atoms. The predicted molar refractivity (Wildman–Crippen MR) is 123 cm³/mol. The molecule has 0 radical (unpaired) electrons. The molecule has 1 aliphatic rings. The van der Waals surface area contributed by atoms with Gasteiger partial charge in [-0.1, -0.05) is 36.4 Å².